The lowest BCUT2D eigenvalue weighted by Gasteiger charge is -2.16. The Balaban J connectivity index is 2.57. The standard InChI is InChI=1S/C15H23N3O2/c1-9(2)16-15(20)18-14(19)12(5)17-13-7-6-10(3)11(4)8-13/h6-9,12,17H,1-5H3,(H2,16,18,19,20)/t12-/m1/s1. The first-order valence-corrected chi connectivity index (χ1v) is 6.74. The topological polar surface area (TPSA) is 70.2 Å². The third-order valence-corrected chi connectivity index (χ3v) is 2.94. The van der Waals surface area contributed by atoms with Crippen molar-refractivity contribution in [2.24, 2.45) is 0 Å². The third kappa shape index (κ3) is 4.91. The predicted octanol–water partition coefficient (Wildman–Crippen LogP) is 2.34. The average molecular weight is 277 g/mol. The van der Waals surface area contributed by atoms with Crippen molar-refractivity contribution in [3.05, 3.63) is 29.3 Å². The summed E-state index contributed by atoms with van der Waals surface area (Å²) in [5, 5.41) is 7.99. The van der Waals surface area contributed by atoms with Crippen LogP contribution in [0.2, 0.25) is 0 Å². The van der Waals surface area contributed by atoms with Gasteiger partial charge in [-0.2, -0.15) is 0 Å². The summed E-state index contributed by atoms with van der Waals surface area (Å²) in [4.78, 5) is 23.3. The van der Waals surface area contributed by atoms with E-state index >= 15 is 0 Å². The van der Waals surface area contributed by atoms with Gasteiger partial charge in [0.25, 0.3) is 0 Å². The maximum absolute atomic E-state index is 11.9. The van der Waals surface area contributed by atoms with Crippen molar-refractivity contribution in [2.45, 2.75) is 46.7 Å². The van der Waals surface area contributed by atoms with Crippen LogP contribution in [-0.2, 0) is 4.79 Å². The fourth-order valence-corrected chi connectivity index (χ4v) is 1.67. The summed E-state index contributed by atoms with van der Waals surface area (Å²) in [7, 11) is 0. The number of benzene rings is 1. The van der Waals surface area contributed by atoms with Crippen molar-refractivity contribution >= 4 is 17.6 Å². The number of hydrogen-bond donors (Lipinski definition) is 3. The Hall–Kier alpha value is -2.04. The van der Waals surface area contributed by atoms with Gasteiger partial charge in [-0.05, 0) is 57.9 Å². The number of imide groups is 1. The first kappa shape index (κ1) is 16.0. The van der Waals surface area contributed by atoms with Crippen molar-refractivity contribution < 1.29 is 9.59 Å². The molecule has 20 heavy (non-hydrogen) atoms. The van der Waals surface area contributed by atoms with Gasteiger partial charge in [0.05, 0.1) is 0 Å². The van der Waals surface area contributed by atoms with Gasteiger partial charge in [-0.15, -0.1) is 0 Å². The van der Waals surface area contributed by atoms with Crippen LogP contribution in [0.15, 0.2) is 18.2 Å². The summed E-state index contributed by atoms with van der Waals surface area (Å²) in [6.07, 6.45) is 0. The minimum absolute atomic E-state index is 0.00851. The second-order valence-corrected chi connectivity index (χ2v) is 5.28. The lowest BCUT2D eigenvalue weighted by molar-refractivity contribution is -0.120. The molecule has 1 rings (SSSR count). The Morgan fingerprint density at radius 3 is 2.25 bits per heavy atom. The van der Waals surface area contributed by atoms with E-state index in [1.165, 1.54) is 5.56 Å². The summed E-state index contributed by atoms with van der Waals surface area (Å²) in [5.41, 5.74) is 3.21. The molecular weight excluding hydrogens is 254 g/mol. The van der Waals surface area contributed by atoms with E-state index in [0.29, 0.717) is 0 Å². The Morgan fingerprint density at radius 1 is 1.05 bits per heavy atom. The lowest BCUT2D eigenvalue weighted by atomic mass is 10.1. The Labute approximate surface area is 120 Å². The van der Waals surface area contributed by atoms with Gasteiger partial charge in [-0.3, -0.25) is 10.1 Å². The minimum atomic E-state index is -0.491. The molecule has 0 aliphatic carbocycles. The van der Waals surface area contributed by atoms with Crippen molar-refractivity contribution in [1.82, 2.24) is 10.6 Å². The fraction of sp³-hybridized carbons (Fsp3) is 0.467. The number of carbonyl (C=O) groups is 2. The average Bonchev–Trinajstić information content (AvgIpc) is 2.32. The molecular formula is C15H23N3O2. The van der Waals surface area contributed by atoms with E-state index in [2.05, 4.69) is 16.0 Å². The molecule has 0 aliphatic rings. The number of amides is 3. The summed E-state index contributed by atoms with van der Waals surface area (Å²) < 4.78 is 0. The van der Waals surface area contributed by atoms with Crippen LogP contribution in [0.1, 0.15) is 31.9 Å². The van der Waals surface area contributed by atoms with Crippen LogP contribution in [0.5, 0.6) is 0 Å². The molecule has 0 saturated carbocycles. The van der Waals surface area contributed by atoms with E-state index in [4.69, 9.17) is 0 Å². The van der Waals surface area contributed by atoms with E-state index in [0.717, 1.165) is 11.3 Å². The highest BCUT2D eigenvalue weighted by Gasteiger charge is 2.16. The van der Waals surface area contributed by atoms with Crippen molar-refractivity contribution in [3.8, 4) is 0 Å². The molecule has 5 heteroatoms. The molecule has 1 aromatic carbocycles. The first-order valence-electron chi connectivity index (χ1n) is 6.74. The molecule has 0 radical (unpaired) electrons. The fourth-order valence-electron chi connectivity index (χ4n) is 1.67. The van der Waals surface area contributed by atoms with Crippen LogP contribution < -0.4 is 16.0 Å². The minimum Gasteiger partial charge on any atom is -0.374 e. The summed E-state index contributed by atoms with van der Waals surface area (Å²) in [6.45, 7) is 9.43. The Kier molecular flexibility index (Phi) is 5.55. The molecule has 0 spiro atoms. The maximum atomic E-state index is 11.9. The highest BCUT2D eigenvalue weighted by Crippen LogP contribution is 2.14. The second kappa shape index (κ2) is 6.93. The Morgan fingerprint density at radius 2 is 1.70 bits per heavy atom. The zero-order chi connectivity index (χ0) is 15.3. The number of carbonyl (C=O) groups excluding carboxylic acids is 2. The number of rotatable bonds is 4. The molecule has 1 atom stereocenters. The van der Waals surface area contributed by atoms with Crippen LogP contribution in [-0.4, -0.2) is 24.0 Å². The van der Waals surface area contributed by atoms with Crippen molar-refractivity contribution in [3.63, 3.8) is 0 Å². The number of nitrogens with one attached hydrogen (secondary N) is 3. The molecule has 3 amide bonds. The van der Waals surface area contributed by atoms with Gasteiger partial charge >= 0.3 is 6.03 Å². The number of aryl methyl sites for hydroxylation is 2. The van der Waals surface area contributed by atoms with Gasteiger partial charge in [-0.1, -0.05) is 6.07 Å². The number of hydrogen-bond acceptors (Lipinski definition) is 3. The van der Waals surface area contributed by atoms with E-state index in [1.807, 2.05) is 45.9 Å². The summed E-state index contributed by atoms with van der Waals surface area (Å²) >= 11 is 0. The monoisotopic (exact) mass is 277 g/mol. The van der Waals surface area contributed by atoms with Crippen LogP contribution in [0.4, 0.5) is 10.5 Å². The third-order valence-electron chi connectivity index (χ3n) is 2.94. The summed E-state index contributed by atoms with van der Waals surface area (Å²) in [6, 6.07) is 4.92. The van der Waals surface area contributed by atoms with Gasteiger partial charge < -0.3 is 10.6 Å². The van der Waals surface area contributed by atoms with Crippen molar-refractivity contribution in [1.29, 1.82) is 0 Å². The zero-order valence-corrected chi connectivity index (χ0v) is 12.7. The number of anilines is 1. The molecule has 3 N–H and O–H groups in total. The first-order chi connectivity index (χ1) is 9.29. The highest BCUT2D eigenvalue weighted by molar-refractivity contribution is 5.98. The molecule has 0 unspecified atom stereocenters. The molecule has 5 nitrogen and oxygen atoms in total. The van der Waals surface area contributed by atoms with Gasteiger partial charge in [-0.25, -0.2) is 4.79 Å². The van der Waals surface area contributed by atoms with Crippen LogP contribution in [0.3, 0.4) is 0 Å². The van der Waals surface area contributed by atoms with E-state index < -0.39 is 12.1 Å². The quantitative estimate of drug-likeness (QED) is 0.791. The molecule has 0 fully saturated rings. The molecule has 0 aromatic heterocycles. The number of urea groups is 1. The molecule has 1 aromatic rings. The molecule has 0 bridgehead atoms. The normalized spacial score (nSPS) is 11.9. The smallest absolute Gasteiger partial charge is 0.321 e. The van der Waals surface area contributed by atoms with E-state index in [-0.39, 0.29) is 11.9 Å². The largest absolute Gasteiger partial charge is 0.374 e. The maximum Gasteiger partial charge on any atom is 0.321 e. The van der Waals surface area contributed by atoms with Gasteiger partial charge in [0, 0.05) is 11.7 Å². The summed E-state index contributed by atoms with van der Waals surface area (Å²) in [5.74, 6) is -0.360. The lowest BCUT2D eigenvalue weighted by Crippen LogP contribution is -2.47. The molecule has 0 heterocycles. The predicted molar refractivity (Wildman–Crippen MR) is 80.8 cm³/mol. The van der Waals surface area contributed by atoms with Gasteiger partial charge in [0.15, 0.2) is 0 Å². The SMILES string of the molecule is Cc1ccc(N[C@H](C)C(=O)NC(=O)NC(C)C)cc1C. The van der Waals surface area contributed by atoms with Gasteiger partial charge in [0.2, 0.25) is 5.91 Å². The highest BCUT2D eigenvalue weighted by atomic mass is 16.2. The molecule has 0 aliphatic heterocycles. The van der Waals surface area contributed by atoms with Crippen LogP contribution in [0, 0.1) is 13.8 Å². The second-order valence-electron chi connectivity index (χ2n) is 5.28. The van der Waals surface area contributed by atoms with Crippen LogP contribution in [0.25, 0.3) is 0 Å². The molecule has 110 valence electrons. The van der Waals surface area contributed by atoms with Crippen molar-refractivity contribution in [2.75, 3.05) is 5.32 Å². The van der Waals surface area contributed by atoms with Crippen LogP contribution >= 0.6 is 0 Å². The molecule has 0 saturated heterocycles. The van der Waals surface area contributed by atoms with E-state index in [9.17, 15) is 9.59 Å². The zero-order valence-electron chi connectivity index (χ0n) is 12.7. The van der Waals surface area contributed by atoms with E-state index in [1.54, 1.807) is 6.92 Å². The van der Waals surface area contributed by atoms with Gasteiger partial charge in [0.1, 0.15) is 6.04 Å². The Bertz CT molecular complexity index is 498.